The Labute approximate surface area is 282 Å². The highest BCUT2D eigenvalue weighted by Crippen LogP contribution is 2.21. The van der Waals surface area contributed by atoms with Gasteiger partial charge in [0.2, 0.25) is 11.8 Å². The van der Waals surface area contributed by atoms with Crippen molar-refractivity contribution in [3.63, 3.8) is 0 Å². The highest BCUT2D eigenvalue weighted by atomic mass is 16.6. The maximum atomic E-state index is 14.0. The van der Waals surface area contributed by atoms with E-state index in [1.807, 2.05) is 48.5 Å². The van der Waals surface area contributed by atoms with Gasteiger partial charge in [0.25, 0.3) is 11.8 Å². The largest absolute Gasteiger partial charge is 0.451 e. The zero-order valence-corrected chi connectivity index (χ0v) is 31.0. The standard InChI is InChI=1S/C35H62N4O8/c1-14-23(12)28-31(41)36-24(15-18(2)3)34(44)46-26(17-20(6)7)30(40)37-27(21(8)9)33(43)39(13)25(16-19(4)5)35(45)47-29(22(10)11)32(42)38-28/h18-29H,14-17H2,1-13H3,(H,36,41)(H,37,40)(H,38,42)/t23-,24+,25-,26-,27-,28+,29-/m0/s1. The number of likely N-dealkylation sites (N-methyl/N-ethyl adjacent to an activating group) is 1. The number of hydrogen-bond acceptors (Lipinski definition) is 8. The van der Waals surface area contributed by atoms with Crippen molar-refractivity contribution in [1.29, 1.82) is 0 Å². The van der Waals surface area contributed by atoms with Crippen LogP contribution in [0.1, 0.15) is 109 Å². The minimum Gasteiger partial charge on any atom is -0.451 e. The van der Waals surface area contributed by atoms with Crippen molar-refractivity contribution in [2.24, 2.45) is 35.5 Å². The van der Waals surface area contributed by atoms with E-state index in [2.05, 4.69) is 16.0 Å². The average Bonchev–Trinajstić information content (AvgIpc) is 2.96. The third kappa shape index (κ3) is 12.7. The predicted molar refractivity (Wildman–Crippen MR) is 180 cm³/mol. The lowest BCUT2D eigenvalue weighted by atomic mass is 9.95. The Kier molecular flexibility index (Phi) is 16.9. The summed E-state index contributed by atoms with van der Waals surface area (Å²) >= 11 is 0. The molecule has 0 bridgehead atoms. The quantitative estimate of drug-likeness (QED) is 0.298. The van der Waals surface area contributed by atoms with Crippen molar-refractivity contribution in [2.45, 2.75) is 145 Å². The summed E-state index contributed by atoms with van der Waals surface area (Å²) in [6, 6.07) is -4.25. The molecule has 1 aliphatic rings. The van der Waals surface area contributed by atoms with Crippen LogP contribution in [0, 0.1) is 35.5 Å². The van der Waals surface area contributed by atoms with Crippen LogP contribution < -0.4 is 16.0 Å². The Morgan fingerprint density at radius 3 is 1.62 bits per heavy atom. The van der Waals surface area contributed by atoms with Gasteiger partial charge in [0.1, 0.15) is 24.2 Å². The summed E-state index contributed by atoms with van der Waals surface area (Å²) < 4.78 is 11.6. The van der Waals surface area contributed by atoms with Crippen molar-refractivity contribution in [3.05, 3.63) is 0 Å². The van der Waals surface area contributed by atoms with E-state index in [1.54, 1.807) is 34.6 Å². The Hall–Kier alpha value is -3.18. The van der Waals surface area contributed by atoms with E-state index in [9.17, 15) is 28.8 Å². The second kappa shape index (κ2) is 19.0. The fourth-order valence-corrected chi connectivity index (χ4v) is 5.43. The Morgan fingerprint density at radius 2 is 1.15 bits per heavy atom. The highest BCUT2D eigenvalue weighted by Gasteiger charge is 2.40. The number of nitrogens with zero attached hydrogens (tertiary/aromatic N) is 1. The summed E-state index contributed by atoms with van der Waals surface area (Å²) in [7, 11) is 1.48. The van der Waals surface area contributed by atoms with Gasteiger partial charge in [-0.2, -0.15) is 0 Å². The van der Waals surface area contributed by atoms with Gasteiger partial charge in [0.15, 0.2) is 12.2 Å². The van der Waals surface area contributed by atoms with Crippen LogP contribution in [0.4, 0.5) is 0 Å². The summed E-state index contributed by atoms with van der Waals surface area (Å²) in [5.74, 6) is -5.21. The van der Waals surface area contributed by atoms with Crippen LogP contribution in [0.3, 0.4) is 0 Å². The summed E-state index contributed by atoms with van der Waals surface area (Å²) in [6.45, 7) is 22.0. The molecular weight excluding hydrogens is 604 g/mol. The maximum absolute atomic E-state index is 14.0. The van der Waals surface area contributed by atoms with Crippen LogP contribution in [0.5, 0.6) is 0 Å². The molecule has 12 heteroatoms. The Bertz CT molecular complexity index is 1090. The molecule has 0 saturated carbocycles. The molecule has 12 nitrogen and oxygen atoms in total. The molecule has 1 fully saturated rings. The van der Waals surface area contributed by atoms with E-state index in [0.717, 1.165) is 0 Å². The molecule has 0 aromatic carbocycles. The molecule has 1 aliphatic heterocycles. The number of amides is 4. The minimum absolute atomic E-state index is 0.0221. The van der Waals surface area contributed by atoms with E-state index >= 15 is 0 Å². The molecule has 1 saturated heterocycles. The molecular formula is C35H62N4O8. The third-order valence-corrected chi connectivity index (χ3v) is 8.46. The number of carbonyl (C=O) groups is 6. The zero-order valence-electron chi connectivity index (χ0n) is 31.0. The summed E-state index contributed by atoms with van der Waals surface area (Å²) in [4.78, 5) is 83.8. The van der Waals surface area contributed by atoms with Crippen LogP contribution >= 0.6 is 0 Å². The second-order valence-corrected chi connectivity index (χ2v) is 15.0. The number of carbonyl (C=O) groups excluding carboxylic acids is 6. The molecule has 270 valence electrons. The minimum atomic E-state index is -1.26. The molecule has 4 amide bonds. The normalized spacial score (nSPS) is 27.0. The molecule has 7 atom stereocenters. The van der Waals surface area contributed by atoms with E-state index in [0.29, 0.717) is 6.42 Å². The molecule has 47 heavy (non-hydrogen) atoms. The fourth-order valence-electron chi connectivity index (χ4n) is 5.43. The zero-order chi connectivity index (χ0) is 36.3. The van der Waals surface area contributed by atoms with Gasteiger partial charge < -0.3 is 30.3 Å². The van der Waals surface area contributed by atoms with E-state index < -0.39 is 77.9 Å². The average molecular weight is 667 g/mol. The van der Waals surface area contributed by atoms with Crippen molar-refractivity contribution < 1.29 is 38.2 Å². The molecule has 0 spiro atoms. The highest BCUT2D eigenvalue weighted by molar-refractivity contribution is 5.95. The summed E-state index contributed by atoms with van der Waals surface area (Å²) in [5.41, 5.74) is 0. The van der Waals surface area contributed by atoms with Crippen LogP contribution in [0.25, 0.3) is 0 Å². The van der Waals surface area contributed by atoms with Gasteiger partial charge in [0, 0.05) is 7.05 Å². The number of hydrogen-bond donors (Lipinski definition) is 3. The van der Waals surface area contributed by atoms with Gasteiger partial charge in [-0.05, 0) is 54.8 Å². The van der Waals surface area contributed by atoms with Gasteiger partial charge >= 0.3 is 11.9 Å². The molecule has 0 aromatic rings. The van der Waals surface area contributed by atoms with E-state index in [-0.39, 0.29) is 48.9 Å². The second-order valence-electron chi connectivity index (χ2n) is 15.0. The van der Waals surface area contributed by atoms with Gasteiger partial charge in [-0.15, -0.1) is 0 Å². The van der Waals surface area contributed by atoms with Crippen molar-refractivity contribution >= 4 is 35.6 Å². The molecule has 0 aliphatic carbocycles. The molecule has 0 aromatic heterocycles. The van der Waals surface area contributed by atoms with E-state index in [4.69, 9.17) is 9.47 Å². The van der Waals surface area contributed by atoms with Crippen molar-refractivity contribution in [1.82, 2.24) is 20.9 Å². The lowest BCUT2D eigenvalue weighted by Crippen LogP contribution is -2.59. The number of nitrogens with one attached hydrogen (secondary N) is 3. The Balaban J connectivity index is 3.84. The summed E-state index contributed by atoms with van der Waals surface area (Å²) in [5, 5.41) is 8.33. The first-order valence-corrected chi connectivity index (χ1v) is 17.3. The molecule has 0 radical (unpaired) electrons. The third-order valence-electron chi connectivity index (χ3n) is 8.46. The number of cyclic esters (lactones) is 2. The smallest absolute Gasteiger partial charge is 0.329 e. The van der Waals surface area contributed by atoms with Crippen LogP contribution in [-0.4, -0.2) is 83.9 Å². The number of ether oxygens (including phenoxy) is 2. The molecule has 1 rings (SSSR count). The first kappa shape index (κ1) is 41.8. The van der Waals surface area contributed by atoms with Crippen molar-refractivity contribution in [2.75, 3.05) is 7.05 Å². The van der Waals surface area contributed by atoms with E-state index in [1.165, 1.54) is 11.9 Å². The van der Waals surface area contributed by atoms with Crippen LogP contribution in [-0.2, 0) is 38.2 Å². The number of rotatable bonds is 10. The molecule has 0 unspecified atom stereocenters. The predicted octanol–water partition coefficient (Wildman–Crippen LogP) is 3.60. The topological polar surface area (TPSA) is 160 Å². The first-order valence-electron chi connectivity index (χ1n) is 17.3. The lowest BCUT2D eigenvalue weighted by molar-refractivity contribution is -0.167. The molecule has 1 heterocycles. The van der Waals surface area contributed by atoms with Gasteiger partial charge in [-0.25, -0.2) is 9.59 Å². The van der Waals surface area contributed by atoms with Crippen LogP contribution in [0.2, 0.25) is 0 Å². The monoisotopic (exact) mass is 666 g/mol. The fraction of sp³-hybridized carbons (Fsp3) is 0.829. The van der Waals surface area contributed by atoms with Gasteiger partial charge in [-0.3, -0.25) is 19.2 Å². The Morgan fingerprint density at radius 1 is 0.617 bits per heavy atom. The van der Waals surface area contributed by atoms with Crippen molar-refractivity contribution in [3.8, 4) is 0 Å². The van der Waals surface area contributed by atoms with Gasteiger partial charge in [-0.1, -0.05) is 89.5 Å². The number of esters is 2. The van der Waals surface area contributed by atoms with Crippen LogP contribution in [0.15, 0.2) is 0 Å². The van der Waals surface area contributed by atoms with Gasteiger partial charge in [0.05, 0.1) is 0 Å². The molecule has 3 N–H and O–H groups in total. The SMILES string of the molecule is CC[C@H](C)[C@H]1NC(=O)[C@H](C(C)C)OC(=O)[C@H](CC(C)C)N(C)C(=O)[C@H](C(C)C)NC(=O)[C@H](CC(C)C)OC(=O)[C@@H](CC(C)C)NC1=O. The summed E-state index contributed by atoms with van der Waals surface area (Å²) in [6.07, 6.45) is -1.31. The maximum Gasteiger partial charge on any atom is 0.329 e. The first-order chi connectivity index (χ1) is 21.7. The lowest BCUT2D eigenvalue weighted by Gasteiger charge is -2.35.